The Labute approximate surface area is 113 Å². The monoisotopic (exact) mass is 267 g/mol. The summed E-state index contributed by atoms with van der Waals surface area (Å²) in [6.07, 6.45) is 0. The van der Waals surface area contributed by atoms with Gasteiger partial charge in [0.2, 0.25) is 5.91 Å². The van der Waals surface area contributed by atoms with Crippen LogP contribution in [0.25, 0.3) is 11.0 Å². The zero-order valence-electron chi connectivity index (χ0n) is 10.4. The second kappa shape index (κ2) is 3.90. The quantitative estimate of drug-likeness (QED) is 0.712. The maximum Gasteiger partial charge on any atom is 0.239 e. The number of aromatic nitrogens is 2. The molecule has 0 saturated heterocycles. The molecule has 1 atom stereocenters. The van der Waals surface area contributed by atoms with Gasteiger partial charge in [-0.25, -0.2) is 9.37 Å². The molecule has 4 rings (SSSR count). The van der Waals surface area contributed by atoms with E-state index in [1.807, 2.05) is 24.3 Å². The number of anilines is 1. The van der Waals surface area contributed by atoms with Crippen molar-refractivity contribution in [3.63, 3.8) is 0 Å². The third-order valence-electron chi connectivity index (χ3n) is 3.53. The summed E-state index contributed by atoms with van der Waals surface area (Å²) >= 11 is 0. The Kier molecular flexibility index (Phi) is 2.18. The van der Waals surface area contributed by atoms with Crippen molar-refractivity contribution in [2.45, 2.75) is 5.92 Å². The zero-order valence-corrected chi connectivity index (χ0v) is 10.4. The molecule has 0 aliphatic carbocycles. The van der Waals surface area contributed by atoms with Crippen LogP contribution in [0.15, 0.2) is 42.5 Å². The van der Waals surface area contributed by atoms with Crippen molar-refractivity contribution >= 4 is 22.6 Å². The smallest absolute Gasteiger partial charge is 0.239 e. The topological polar surface area (TPSA) is 57.8 Å². The van der Waals surface area contributed by atoms with Crippen LogP contribution in [-0.4, -0.2) is 15.9 Å². The first-order chi connectivity index (χ1) is 9.72. The molecular weight excluding hydrogens is 257 g/mol. The van der Waals surface area contributed by atoms with Gasteiger partial charge in [-0.05, 0) is 35.9 Å². The van der Waals surface area contributed by atoms with Crippen LogP contribution in [-0.2, 0) is 4.79 Å². The van der Waals surface area contributed by atoms with Gasteiger partial charge in [0, 0.05) is 5.69 Å². The fourth-order valence-corrected chi connectivity index (χ4v) is 2.61. The Bertz CT molecular complexity index is 807. The molecule has 0 radical (unpaired) electrons. The van der Waals surface area contributed by atoms with Crippen LogP contribution in [0.1, 0.15) is 17.3 Å². The Morgan fingerprint density at radius 3 is 2.85 bits per heavy atom. The van der Waals surface area contributed by atoms with Crippen LogP contribution in [0.4, 0.5) is 10.1 Å². The normalized spacial score (nSPS) is 17.2. The average Bonchev–Trinajstić information content (AvgIpc) is 2.97. The van der Waals surface area contributed by atoms with Crippen molar-refractivity contribution in [3.8, 4) is 0 Å². The lowest BCUT2D eigenvalue weighted by Crippen LogP contribution is -2.14. The van der Waals surface area contributed by atoms with Crippen LogP contribution in [0, 0.1) is 5.82 Å². The highest BCUT2D eigenvalue weighted by molar-refractivity contribution is 6.04. The van der Waals surface area contributed by atoms with E-state index in [-0.39, 0.29) is 11.7 Å². The van der Waals surface area contributed by atoms with E-state index in [1.54, 1.807) is 6.07 Å². The largest absolute Gasteiger partial charge is 0.341 e. The van der Waals surface area contributed by atoms with Crippen molar-refractivity contribution in [2.24, 2.45) is 0 Å². The molecule has 0 fully saturated rings. The van der Waals surface area contributed by atoms with E-state index < -0.39 is 5.92 Å². The minimum absolute atomic E-state index is 0.190. The standard InChI is InChI=1S/C15H10FN3O/c16-8-5-6-10-9(7-8)13(15(20)19-10)14-17-11-3-1-2-4-12(11)18-14/h1-7,13H,(H,17,18)(H,19,20). The summed E-state index contributed by atoms with van der Waals surface area (Å²) in [6, 6.07) is 11.8. The second-order valence-corrected chi connectivity index (χ2v) is 4.79. The summed E-state index contributed by atoms with van der Waals surface area (Å²) in [7, 11) is 0. The van der Waals surface area contributed by atoms with E-state index >= 15 is 0 Å². The third kappa shape index (κ3) is 1.53. The number of amides is 1. The molecule has 1 aliphatic rings. The van der Waals surface area contributed by atoms with E-state index in [1.165, 1.54) is 12.1 Å². The van der Waals surface area contributed by atoms with Crippen molar-refractivity contribution in [1.82, 2.24) is 9.97 Å². The number of rotatable bonds is 1. The van der Waals surface area contributed by atoms with Crippen LogP contribution < -0.4 is 5.32 Å². The van der Waals surface area contributed by atoms with Crippen molar-refractivity contribution in [2.75, 3.05) is 5.32 Å². The number of hydrogen-bond acceptors (Lipinski definition) is 2. The van der Waals surface area contributed by atoms with Gasteiger partial charge >= 0.3 is 0 Å². The fraction of sp³-hybridized carbons (Fsp3) is 0.0667. The van der Waals surface area contributed by atoms with Crippen molar-refractivity contribution in [1.29, 1.82) is 0 Å². The van der Waals surface area contributed by atoms with Crippen LogP contribution in [0.2, 0.25) is 0 Å². The SMILES string of the molecule is O=C1Nc2ccc(F)cc2C1c1nc2ccccc2[nH]1. The van der Waals surface area contributed by atoms with E-state index in [4.69, 9.17) is 0 Å². The number of benzene rings is 2. The number of para-hydroxylation sites is 2. The molecule has 1 unspecified atom stereocenters. The molecule has 1 aliphatic heterocycles. The van der Waals surface area contributed by atoms with E-state index in [2.05, 4.69) is 15.3 Å². The van der Waals surface area contributed by atoms with Gasteiger partial charge in [-0.2, -0.15) is 0 Å². The number of carbonyl (C=O) groups excluding carboxylic acids is 1. The molecule has 0 bridgehead atoms. The average molecular weight is 267 g/mol. The molecule has 3 aromatic rings. The molecule has 98 valence electrons. The molecule has 2 N–H and O–H groups in total. The first-order valence-corrected chi connectivity index (χ1v) is 6.27. The van der Waals surface area contributed by atoms with Gasteiger partial charge in [-0.1, -0.05) is 12.1 Å². The number of carbonyl (C=O) groups is 1. The number of nitrogens with zero attached hydrogens (tertiary/aromatic N) is 1. The Morgan fingerprint density at radius 2 is 2.00 bits per heavy atom. The lowest BCUT2D eigenvalue weighted by atomic mass is 10.00. The highest BCUT2D eigenvalue weighted by atomic mass is 19.1. The molecule has 2 aromatic carbocycles. The number of aromatic amines is 1. The fourth-order valence-electron chi connectivity index (χ4n) is 2.61. The van der Waals surface area contributed by atoms with Crippen LogP contribution >= 0.6 is 0 Å². The molecule has 4 nitrogen and oxygen atoms in total. The molecule has 0 spiro atoms. The molecule has 20 heavy (non-hydrogen) atoms. The van der Waals surface area contributed by atoms with Gasteiger partial charge in [0.25, 0.3) is 0 Å². The van der Waals surface area contributed by atoms with Gasteiger partial charge in [0.05, 0.1) is 11.0 Å². The first-order valence-electron chi connectivity index (χ1n) is 6.27. The minimum Gasteiger partial charge on any atom is -0.341 e. The third-order valence-corrected chi connectivity index (χ3v) is 3.53. The van der Waals surface area contributed by atoms with Gasteiger partial charge in [0.1, 0.15) is 17.6 Å². The Hall–Kier alpha value is -2.69. The Balaban J connectivity index is 1.90. The second-order valence-electron chi connectivity index (χ2n) is 4.79. The number of hydrogen-bond donors (Lipinski definition) is 2. The molecular formula is C15H10FN3O. The minimum atomic E-state index is -0.590. The van der Waals surface area contributed by atoms with Crippen LogP contribution in [0.3, 0.4) is 0 Å². The lowest BCUT2D eigenvalue weighted by Gasteiger charge is -2.04. The summed E-state index contributed by atoms with van der Waals surface area (Å²) in [4.78, 5) is 19.7. The van der Waals surface area contributed by atoms with Crippen LogP contribution in [0.5, 0.6) is 0 Å². The molecule has 1 amide bonds. The zero-order chi connectivity index (χ0) is 13.7. The highest BCUT2D eigenvalue weighted by Gasteiger charge is 2.34. The maximum atomic E-state index is 13.4. The molecule has 0 saturated carbocycles. The lowest BCUT2D eigenvalue weighted by molar-refractivity contribution is -0.116. The highest BCUT2D eigenvalue weighted by Crippen LogP contribution is 2.36. The van der Waals surface area contributed by atoms with Crippen molar-refractivity contribution in [3.05, 3.63) is 59.7 Å². The summed E-state index contributed by atoms with van der Waals surface area (Å²) in [5.41, 5.74) is 2.91. The molecule has 5 heteroatoms. The van der Waals surface area contributed by atoms with Gasteiger partial charge in [0.15, 0.2) is 0 Å². The summed E-state index contributed by atoms with van der Waals surface area (Å²) < 4.78 is 13.4. The number of nitrogens with one attached hydrogen (secondary N) is 2. The van der Waals surface area contributed by atoms with Gasteiger partial charge in [-0.15, -0.1) is 0 Å². The van der Waals surface area contributed by atoms with E-state index in [9.17, 15) is 9.18 Å². The number of H-pyrrole nitrogens is 1. The summed E-state index contributed by atoms with van der Waals surface area (Å²) in [5.74, 6) is -0.604. The van der Waals surface area contributed by atoms with Gasteiger partial charge in [-0.3, -0.25) is 4.79 Å². The predicted octanol–water partition coefficient (Wildman–Crippen LogP) is 2.79. The summed E-state index contributed by atoms with van der Waals surface area (Å²) in [5, 5.41) is 2.75. The predicted molar refractivity (Wildman–Crippen MR) is 73.0 cm³/mol. The van der Waals surface area contributed by atoms with Gasteiger partial charge < -0.3 is 10.3 Å². The summed E-state index contributed by atoms with van der Waals surface area (Å²) in [6.45, 7) is 0. The van der Waals surface area contributed by atoms with Crippen molar-refractivity contribution < 1.29 is 9.18 Å². The number of halogens is 1. The van der Waals surface area contributed by atoms with E-state index in [0.717, 1.165) is 11.0 Å². The Morgan fingerprint density at radius 1 is 1.15 bits per heavy atom. The number of imidazole rings is 1. The maximum absolute atomic E-state index is 13.4. The first kappa shape index (κ1) is 11.2. The molecule has 1 aromatic heterocycles. The number of fused-ring (bicyclic) bond motifs is 2. The van der Waals surface area contributed by atoms with E-state index in [0.29, 0.717) is 17.1 Å². The molecule has 2 heterocycles.